The van der Waals surface area contributed by atoms with Crippen molar-refractivity contribution < 1.29 is 22.4 Å². The van der Waals surface area contributed by atoms with E-state index in [1.807, 2.05) is 18.2 Å². The molecule has 4 rings (SSSR count). The molecule has 8 heteroatoms. The molecular formula is C24H26N2O5S. The fraction of sp³-hybridized carbons (Fsp3) is 0.292. The lowest BCUT2D eigenvalue weighted by Crippen LogP contribution is -2.47. The first-order valence-corrected chi connectivity index (χ1v) is 12.2. The van der Waals surface area contributed by atoms with E-state index < -0.39 is 15.7 Å². The van der Waals surface area contributed by atoms with E-state index in [0.29, 0.717) is 25.3 Å². The normalized spacial score (nSPS) is 17.2. The van der Waals surface area contributed by atoms with Crippen LogP contribution in [0.5, 0.6) is 0 Å². The van der Waals surface area contributed by atoms with Gasteiger partial charge in [0.25, 0.3) is 5.91 Å². The van der Waals surface area contributed by atoms with Gasteiger partial charge in [-0.1, -0.05) is 48.5 Å². The Morgan fingerprint density at radius 3 is 2.50 bits per heavy atom. The molecule has 1 saturated heterocycles. The maximum atomic E-state index is 12.7. The van der Waals surface area contributed by atoms with E-state index in [4.69, 9.17) is 9.15 Å². The molecule has 32 heavy (non-hydrogen) atoms. The van der Waals surface area contributed by atoms with Crippen molar-refractivity contribution in [3.8, 4) is 0 Å². The van der Waals surface area contributed by atoms with Gasteiger partial charge in [0.1, 0.15) is 0 Å². The second-order valence-corrected chi connectivity index (χ2v) is 9.76. The molecule has 0 saturated carbocycles. The second-order valence-electron chi connectivity index (χ2n) is 7.77. The number of hydrogen-bond donors (Lipinski definition) is 1. The molecule has 1 atom stereocenters. The summed E-state index contributed by atoms with van der Waals surface area (Å²) in [5.74, 6) is -0.736. The van der Waals surface area contributed by atoms with Crippen LogP contribution in [0.15, 0.2) is 82.3 Å². The van der Waals surface area contributed by atoms with Crippen molar-refractivity contribution in [2.45, 2.75) is 23.3 Å². The number of benzene rings is 2. The highest BCUT2D eigenvalue weighted by molar-refractivity contribution is 7.90. The molecule has 0 radical (unpaired) electrons. The van der Waals surface area contributed by atoms with Crippen LogP contribution in [-0.4, -0.2) is 51.6 Å². The van der Waals surface area contributed by atoms with Gasteiger partial charge in [-0.2, -0.15) is 0 Å². The highest BCUT2D eigenvalue weighted by Crippen LogP contribution is 2.20. The first kappa shape index (κ1) is 22.3. The van der Waals surface area contributed by atoms with Crippen LogP contribution in [0.2, 0.25) is 0 Å². The van der Waals surface area contributed by atoms with Crippen LogP contribution in [0.25, 0.3) is 0 Å². The number of amides is 1. The quantitative estimate of drug-likeness (QED) is 0.563. The van der Waals surface area contributed by atoms with E-state index in [2.05, 4.69) is 22.3 Å². The van der Waals surface area contributed by atoms with Gasteiger partial charge >= 0.3 is 0 Å². The summed E-state index contributed by atoms with van der Waals surface area (Å²) in [7, 11) is -3.58. The summed E-state index contributed by atoms with van der Waals surface area (Å²) in [5.41, 5.74) is 1.57. The highest BCUT2D eigenvalue weighted by Gasteiger charge is 2.25. The van der Waals surface area contributed by atoms with Crippen LogP contribution in [0.1, 0.15) is 21.7 Å². The molecule has 1 amide bonds. The van der Waals surface area contributed by atoms with Gasteiger partial charge in [0.15, 0.2) is 15.6 Å². The monoisotopic (exact) mass is 454 g/mol. The largest absolute Gasteiger partial charge is 0.459 e. The highest BCUT2D eigenvalue weighted by atomic mass is 32.2. The predicted octanol–water partition coefficient (Wildman–Crippen LogP) is 2.88. The maximum Gasteiger partial charge on any atom is 0.287 e. The molecule has 1 fully saturated rings. The van der Waals surface area contributed by atoms with Gasteiger partial charge < -0.3 is 14.5 Å². The Kier molecular flexibility index (Phi) is 7.04. The molecule has 168 valence electrons. The number of ether oxygens (including phenoxy) is 1. The van der Waals surface area contributed by atoms with Crippen LogP contribution < -0.4 is 5.32 Å². The third-order valence-corrected chi connectivity index (χ3v) is 7.04. The van der Waals surface area contributed by atoms with Crippen molar-refractivity contribution in [3.63, 3.8) is 0 Å². The van der Waals surface area contributed by atoms with Crippen molar-refractivity contribution in [1.82, 2.24) is 10.2 Å². The number of carbonyl (C=O) groups excluding carboxylic acids is 1. The average molecular weight is 455 g/mol. The third kappa shape index (κ3) is 5.64. The zero-order valence-electron chi connectivity index (χ0n) is 17.6. The summed E-state index contributed by atoms with van der Waals surface area (Å²) in [4.78, 5) is 15.2. The number of rotatable bonds is 8. The lowest BCUT2D eigenvalue weighted by Gasteiger charge is -2.33. The summed E-state index contributed by atoms with van der Waals surface area (Å²) in [6, 6.07) is 19.9. The molecule has 3 aromatic rings. The van der Waals surface area contributed by atoms with Gasteiger partial charge in [0, 0.05) is 31.7 Å². The fourth-order valence-corrected chi connectivity index (χ4v) is 5.12. The Balaban J connectivity index is 1.33. The topological polar surface area (TPSA) is 88.8 Å². The number of furan rings is 1. The van der Waals surface area contributed by atoms with Crippen LogP contribution in [0, 0.1) is 0 Å². The van der Waals surface area contributed by atoms with Gasteiger partial charge in [-0.3, -0.25) is 9.69 Å². The van der Waals surface area contributed by atoms with Gasteiger partial charge in [0.05, 0.1) is 29.6 Å². The molecule has 1 unspecified atom stereocenters. The Morgan fingerprint density at radius 2 is 1.75 bits per heavy atom. The second kappa shape index (κ2) is 10.1. The molecule has 0 bridgehead atoms. The van der Waals surface area contributed by atoms with Crippen LogP contribution in [-0.2, 0) is 26.9 Å². The molecule has 2 aromatic carbocycles. The van der Waals surface area contributed by atoms with Gasteiger partial charge in [0.2, 0.25) is 0 Å². The van der Waals surface area contributed by atoms with E-state index >= 15 is 0 Å². The first-order valence-electron chi connectivity index (χ1n) is 10.5. The van der Waals surface area contributed by atoms with E-state index in [1.165, 1.54) is 30.0 Å². The number of carbonyl (C=O) groups is 1. The average Bonchev–Trinajstić information content (AvgIpc) is 3.26. The van der Waals surface area contributed by atoms with Gasteiger partial charge in [-0.15, -0.1) is 0 Å². The molecule has 1 aromatic heterocycles. The van der Waals surface area contributed by atoms with Crippen LogP contribution in [0.3, 0.4) is 0 Å². The molecule has 7 nitrogen and oxygen atoms in total. The number of sulfone groups is 1. The zero-order chi connectivity index (χ0) is 22.4. The van der Waals surface area contributed by atoms with Crippen molar-refractivity contribution >= 4 is 15.7 Å². The van der Waals surface area contributed by atoms with Crippen LogP contribution in [0.4, 0.5) is 0 Å². The number of morpholine rings is 1. The third-order valence-electron chi connectivity index (χ3n) is 5.36. The Morgan fingerprint density at radius 1 is 1.03 bits per heavy atom. The summed E-state index contributed by atoms with van der Waals surface area (Å²) in [6.07, 6.45) is 1.19. The molecule has 1 N–H and O–H groups in total. The smallest absolute Gasteiger partial charge is 0.287 e. The molecule has 0 spiro atoms. The standard InChI is InChI=1S/C24H26N2O5S/c27-24(23-20(11-13-31-23)18-32(28,29)22-9-5-2-6-10-22)25-15-21-17-26(12-14-30-21)16-19-7-3-1-4-8-19/h1-11,13,21H,12,14-18H2,(H,25,27). The van der Waals surface area contributed by atoms with Crippen molar-refractivity contribution in [1.29, 1.82) is 0 Å². The van der Waals surface area contributed by atoms with Crippen molar-refractivity contribution in [2.24, 2.45) is 0 Å². The van der Waals surface area contributed by atoms with Gasteiger partial charge in [-0.05, 0) is 23.8 Å². The molecule has 1 aliphatic heterocycles. The summed E-state index contributed by atoms with van der Waals surface area (Å²) in [6.45, 7) is 3.26. The minimum Gasteiger partial charge on any atom is -0.459 e. The summed E-state index contributed by atoms with van der Waals surface area (Å²) < 4.78 is 36.5. The van der Waals surface area contributed by atoms with E-state index in [9.17, 15) is 13.2 Å². The molecule has 1 aliphatic rings. The zero-order valence-corrected chi connectivity index (χ0v) is 18.5. The summed E-state index contributed by atoms with van der Waals surface area (Å²) >= 11 is 0. The minimum absolute atomic E-state index is 0.0152. The molecule has 0 aliphatic carbocycles. The lowest BCUT2D eigenvalue weighted by molar-refractivity contribution is -0.0293. The van der Waals surface area contributed by atoms with Crippen molar-refractivity contribution in [2.75, 3.05) is 26.2 Å². The molecular weight excluding hydrogens is 428 g/mol. The Hall–Kier alpha value is -2.94. The SMILES string of the molecule is O=C(NCC1CN(Cc2ccccc2)CCO1)c1occc1CS(=O)(=O)c1ccccc1. The first-order chi connectivity index (χ1) is 15.5. The summed E-state index contributed by atoms with van der Waals surface area (Å²) in [5, 5.41) is 2.83. The van der Waals surface area contributed by atoms with Gasteiger partial charge in [-0.25, -0.2) is 8.42 Å². The minimum atomic E-state index is -3.58. The van der Waals surface area contributed by atoms with Crippen LogP contribution >= 0.6 is 0 Å². The fourth-order valence-electron chi connectivity index (χ4n) is 3.74. The lowest BCUT2D eigenvalue weighted by atomic mass is 10.2. The van der Waals surface area contributed by atoms with E-state index in [-0.39, 0.29) is 22.5 Å². The Labute approximate surface area is 187 Å². The number of nitrogens with zero attached hydrogens (tertiary/aromatic N) is 1. The van der Waals surface area contributed by atoms with E-state index in [1.54, 1.807) is 18.2 Å². The predicted molar refractivity (Wildman–Crippen MR) is 120 cm³/mol. The molecule has 2 heterocycles. The maximum absolute atomic E-state index is 12.7. The number of hydrogen-bond acceptors (Lipinski definition) is 6. The number of nitrogens with one attached hydrogen (secondary N) is 1. The van der Waals surface area contributed by atoms with E-state index in [0.717, 1.165) is 13.1 Å². The Bertz CT molecular complexity index is 1130. The van der Waals surface area contributed by atoms with Crippen molar-refractivity contribution in [3.05, 3.63) is 89.9 Å².